The van der Waals surface area contributed by atoms with Crippen molar-refractivity contribution in [2.75, 3.05) is 6.61 Å². The second-order valence-corrected chi connectivity index (χ2v) is 4.12. The molecule has 0 saturated carbocycles. The van der Waals surface area contributed by atoms with Gasteiger partial charge in [0.2, 0.25) is 0 Å². The summed E-state index contributed by atoms with van der Waals surface area (Å²) in [6, 6.07) is 4.77. The lowest BCUT2D eigenvalue weighted by atomic mass is 10.2. The van der Waals surface area contributed by atoms with Gasteiger partial charge in [0.15, 0.2) is 0 Å². The highest BCUT2D eigenvalue weighted by molar-refractivity contribution is 6.31. The number of nitrogens with zero attached hydrogens (tertiary/aromatic N) is 2. The summed E-state index contributed by atoms with van der Waals surface area (Å²) in [5.41, 5.74) is -0.350. The van der Waals surface area contributed by atoms with Crippen LogP contribution in [0.3, 0.4) is 0 Å². The lowest BCUT2D eigenvalue weighted by molar-refractivity contribution is 0.271. The van der Waals surface area contributed by atoms with Crippen molar-refractivity contribution < 1.29 is 5.11 Å². The van der Waals surface area contributed by atoms with Crippen LogP contribution >= 0.6 is 11.6 Å². The summed E-state index contributed by atoms with van der Waals surface area (Å²) in [5, 5.41) is 9.65. The van der Waals surface area contributed by atoms with E-state index in [-0.39, 0.29) is 13.2 Å². The Morgan fingerprint density at radius 2 is 2.06 bits per heavy atom. The molecule has 0 bridgehead atoms. The molecule has 0 amide bonds. The first-order valence-corrected chi connectivity index (χ1v) is 5.44. The average molecular weight is 255 g/mol. The monoisotopic (exact) mass is 254 g/mol. The molecule has 1 aromatic heterocycles. The normalized spacial score (nSPS) is 11.0. The third-order valence-corrected chi connectivity index (χ3v) is 2.87. The zero-order chi connectivity index (χ0) is 12.6. The van der Waals surface area contributed by atoms with Crippen LogP contribution in [0, 0.1) is 0 Å². The van der Waals surface area contributed by atoms with Crippen molar-refractivity contribution in [2.24, 2.45) is 7.05 Å². The Morgan fingerprint density at radius 3 is 2.71 bits per heavy atom. The number of aromatic nitrogens is 2. The third kappa shape index (κ3) is 1.87. The average Bonchev–Trinajstić information content (AvgIpc) is 2.32. The van der Waals surface area contributed by atoms with Crippen molar-refractivity contribution in [1.82, 2.24) is 9.13 Å². The molecule has 1 heterocycles. The number of aliphatic hydroxyl groups is 1. The lowest BCUT2D eigenvalue weighted by Gasteiger charge is -2.09. The predicted molar refractivity (Wildman–Crippen MR) is 65.5 cm³/mol. The molecule has 2 rings (SSSR count). The minimum Gasteiger partial charge on any atom is -0.395 e. The molecular formula is C11H11ClN2O3. The van der Waals surface area contributed by atoms with Crippen molar-refractivity contribution >= 4 is 22.5 Å². The second kappa shape index (κ2) is 4.35. The van der Waals surface area contributed by atoms with Crippen molar-refractivity contribution in [3.8, 4) is 0 Å². The van der Waals surface area contributed by atoms with Crippen LogP contribution in [0.5, 0.6) is 0 Å². The first-order chi connectivity index (χ1) is 8.06. The highest BCUT2D eigenvalue weighted by Gasteiger charge is 2.10. The number of rotatable bonds is 2. The molecule has 5 nitrogen and oxygen atoms in total. The number of benzene rings is 1. The van der Waals surface area contributed by atoms with Crippen molar-refractivity contribution in [2.45, 2.75) is 6.54 Å². The molecule has 0 atom stereocenters. The van der Waals surface area contributed by atoms with E-state index in [1.165, 1.54) is 10.6 Å². The van der Waals surface area contributed by atoms with Gasteiger partial charge < -0.3 is 5.11 Å². The van der Waals surface area contributed by atoms with Gasteiger partial charge in [0.25, 0.3) is 5.56 Å². The minimum atomic E-state index is -0.445. The molecule has 0 radical (unpaired) electrons. The van der Waals surface area contributed by atoms with E-state index < -0.39 is 11.2 Å². The largest absolute Gasteiger partial charge is 0.395 e. The molecule has 0 aliphatic carbocycles. The topological polar surface area (TPSA) is 64.2 Å². The fraction of sp³-hybridized carbons (Fsp3) is 0.273. The molecule has 0 fully saturated rings. The molecule has 1 aromatic carbocycles. The van der Waals surface area contributed by atoms with Crippen LogP contribution in [0.1, 0.15) is 0 Å². The first-order valence-electron chi connectivity index (χ1n) is 5.06. The zero-order valence-electron chi connectivity index (χ0n) is 9.18. The Balaban J connectivity index is 2.96. The third-order valence-electron chi connectivity index (χ3n) is 2.64. The molecule has 90 valence electrons. The van der Waals surface area contributed by atoms with Crippen LogP contribution in [0.25, 0.3) is 10.9 Å². The summed E-state index contributed by atoms with van der Waals surface area (Å²) in [6.45, 7) is -0.283. The van der Waals surface area contributed by atoms with E-state index in [9.17, 15) is 9.59 Å². The molecule has 1 N–H and O–H groups in total. The van der Waals surface area contributed by atoms with Gasteiger partial charge in [0.05, 0.1) is 24.1 Å². The van der Waals surface area contributed by atoms with Crippen LogP contribution in [0.4, 0.5) is 0 Å². The number of fused-ring (bicyclic) bond motifs is 1. The Kier molecular flexibility index (Phi) is 3.04. The molecule has 0 unspecified atom stereocenters. The fourth-order valence-electron chi connectivity index (χ4n) is 1.79. The number of aryl methyl sites for hydroxylation is 1. The standard InChI is InChI=1S/C11H11ClN2O3/c1-13-9-3-2-7(12)6-8(9)10(16)14(4-5-15)11(13)17/h2-3,6,15H,4-5H2,1H3. The Hall–Kier alpha value is -1.59. The number of halogens is 1. The maximum absolute atomic E-state index is 12.0. The molecule has 0 aliphatic rings. The minimum absolute atomic E-state index is 0.0199. The zero-order valence-corrected chi connectivity index (χ0v) is 9.94. The van der Waals surface area contributed by atoms with E-state index >= 15 is 0 Å². The van der Waals surface area contributed by atoms with E-state index in [0.29, 0.717) is 15.9 Å². The van der Waals surface area contributed by atoms with Crippen LogP contribution in [-0.4, -0.2) is 20.8 Å². The van der Waals surface area contributed by atoms with Gasteiger partial charge in [-0.15, -0.1) is 0 Å². The van der Waals surface area contributed by atoms with Crippen LogP contribution < -0.4 is 11.2 Å². The van der Waals surface area contributed by atoms with Gasteiger partial charge in [-0.1, -0.05) is 11.6 Å². The van der Waals surface area contributed by atoms with Crippen LogP contribution in [0.15, 0.2) is 27.8 Å². The van der Waals surface area contributed by atoms with Crippen molar-refractivity contribution in [3.63, 3.8) is 0 Å². The van der Waals surface area contributed by atoms with Crippen LogP contribution in [0.2, 0.25) is 5.02 Å². The van der Waals surface area contributed by atoms with Crippen molar-refractivity contribution in [3.05, 3.63) is 44.1 Å². The van der Waals surface area contributed by atoms with Gasteiger partial charge in [-0.3, -0.25) is 13.9 Å². The first kappa shape index (κ1) is 11.9. The predicted octanol–water partition coefficient (Wildman–Crippen LogP) is 0.346. The van der Waals surface area contributed by atoms with Gasteiger partial charge in [0.1, 0.15) is 0 Å². The molecule has 0 spiro atoms. The number of aliphatic hydroxyl groups excluding tert-OH is 1. The smallest absolute Gasteiger partial charge is 0.331 e. The summed E-state index contributed by atoms with van der Waals surface area (Å²) >= 11 is 5.83. The summed E-state index contributed by atoms with van der Waals surface area (Å²) in [6.07, 6.45) is 0. The van der Waals surface area contributed by atoms with E-state index in [0.717, 1.165) is 4.57 Å². The van der Waals surface area contributed by atoms with Gasteiger partial charge in [-0.05, 0) is 18.2 Å². The van der Waals surface area contributed by atoms with Crippen molar-refractivity contribution in [1.29, 1.82) is 0 Å². The van der Waals surface area contributed by atoms with Gasteiger partial charge in [0, 0.05) is 12.1 Å². The van der Waals surface area contributed by atoms with Gasteiger partial charge >= 0.3 is 5.69 Å². The summed E-state index contributed by atoms with van der Waals surface area (Å²) in [7, 11) is 1.58. The quantitative estimate of drug-likeness (QED) is 0.841. The molecule has 2 aromatic rings. The SMILES string of the molecule is Cn1c(=O)n(CCO)c(=O)c2cc(Cl)ccc21. The molecular weight excluding hydrogens is 244 g/mol. The Bertz CT molecular complexity index is 687. The molecule has 17 heavy (non-hydrogen) atoms. The van der Waals surface area contributed by atoms with Gasteiger partial charge in [-0.25, -0.2) is 4.79 Å². The molecule has 0 aliphatic heterocycles. The second-order valence-electron chi connectivity index (χ2n) is 3.68. The summed E-state index contributed by atoms with van der Waals surface area (Å²) in [4.78, 5) is 23.9. The fourth-order valence-corrected chi connectivity index (χ4v) is 1.96. The Labute approximate surface area is 101 Å². The van der Waals surface area contributed by atoms with E-state index in [2.05, 4.69) is 0 Å². The van der Waals surface area contributed by atoms with E-state index in [1.54, 1.807) is 19.2 Å². The maximum Gasteiger partial charge on any atom is 0.331 e. The van der Waals surface area contributed by atoms with Crippen LogP contribution in [-0.2, 0) is 13.6 Å². The maximum atomic E-state index is 12.0. The highest BCUT2D eigenvalue weighted by atomic mass is 35.5. The van der Waals surface area contributed by atoms with E-state index in [4.69, 9.17) is 16.7 Å². The Morgan fingerprint density at radius 1 is 1.35 bits per heavy atom. The molecule has 0 saturated heterocycles. The van der Waals surface area contributed by atoms with E-state index in [1.807, 2.05) is 0 Å². The number of hydrogen-bond acceptors (Lipinski definition) is 3. The van der Waals surface area contributed by atoms with Gasteiger partial charge in [-0.2, -0.15) is 0 Å². The molecule has 6 heteroatoms. The number of hydrogen-bond donors (Lipinski definition) is 1. The summed E-state index contributed by atoms with van der Waals surface area (Å²) in [5.74, 6) is 0. The lowest BCUT2D eigenvalue weighted by Crippen LogP contribution is -2.39. The summed E-state index contributed by atoms with van der Waals surface area (Å²) < 4.78 is 2.36. The highest BCUT2D eigenvalue weighted by Crippen LogP contribution is 2.14.